The molecule has 2 aromatic rings. The van der Waals surface area contributed by atoms with Gasteiger partial charge < -0.3 is 4.90 Å². The summed E-state index contributed by atoms with van der Waals surface area (Å²) in [5.41, 5.74) is 1.80. The minimum atomic E-state index is -3.85. The van der Waals surface area contributed by atoms with Crippen molar-refractivity contribution in [3.63, 3.8) is 0 Å². The number of nitrogens with zero attached hydrogens (tertiary/aromatic N) is 1. The Balaban J connectivity index is 1.52. The van der Waals surface area contributed by atoms with Crippen LogP contribution in [0.15, 0.2) is 52.3 Å². The molecule has 8 nitrogen and oxygen atoms in total. The lowest BCUT2D eigenvalue weighted by Gasteiger charge is -2.15. The van der Waals surface area contributed by atoms with Crippen LogP contribution in [0.4, 0.5) is 11.4 Å². The highest BCUT2D eigenvalue weighted by Gasteiger charge is 2.28. The number of amides is 1. The lowest BCUT2D eigenvalue weighted by molar-refractivity contribution is -0.116. The maximum atomic E-state index is 12.7. The molecule has 0 spiro atoms. The highest BCUT2D eigenvalue weighted by molar-refractivity contribution is 7.92. The van der Waals surface area contributed by atoms with Crippen LogP contribution in [0.2, 0.25) is 0 Å². The zero-order chi connectivity index (χ0) is 20.8. The van der Waals surface area contributed by atoms with Gasteiger partial charge in [0.2, 0.25) is 15.9 Å². The van der Waals surface area contributed by atoms with Crippen LogP contribution < -0.4 is 14.3 Å². The predicted octanol–water partition coefficient (Wildman–Crippen LogP) is 1.84. The van der Waals surface area contributed by atoms with E-state index in [0.29, 0.717) is 13.0 Å². The molecule has 0 unspecified atom stereocenters. The topological polar surface area (TPSA) is 113 Å². The molecule has 154 valence electrons. The largest absolute Gasteiger partial charge is 0.312 e. The van der Waals surface area contributed by atoms with Crippen LogP contribution in [0.25, 0.3) is 0 Å². The molecule has 1 amide bonds. The molecule has 2 N–H and O–H groups in total. The average Bonchev–Trinajstić information content (AvgIpc) is 3.35. The standard InChI is InChI=1S/C19H21N3O5S2/c1-13(23)22-11-10-14-12-18(8-9-19(14)22)29(26,27)21-16-4-6-17(7-5-16)28(24,25)20-15-2-3-15/h4-9,12,15,20-21H,2-3,10-11H2,1H3. The summed E-state index contributed by atoms with van der Waals surface area (Å²) in [5.74, 6) is -0.0799. The fourth-order valence-electron chi connectivity index (χ4n) is 3.28. The van der Waals surface area contributed by atoms with Crippen LogP contribution in [0.3, 0.4) is 0 Å². The number of nitrogens with one attached hydrogen (secondary N) is 2. The fourth-order valence-corrected chi connectivity index (χ4v) is 5.69. The number of anilines is 2. The molecule has 29 heavy (non-hydrogen) atoms. The molecular formula is C19H21N3O5S2. The third-order valence-corrected chi connectivity index (χ3v) is 7.87. The van der Waals surface area contributed by atoms with E-state index in [-0.39, 0.29) is 27.4 Å². The van der Waals surface area contributed by atoms with Crippen LogP contribution in [-0.2, 0) is 31.3 Å². The summed E-state index contributed by atoms with van der Waals surface area (Å²) in [6.07, 6.45) is 2.27. The molecule has 2 aliphatic rings. The summed E-state index contributed by atoms with van der Waals surface area (Å²) in [6.45, 7) is 2.01. The van der Waals surface area contributed by atoms with Crippen molar-refractivity contribution in [3.8, 4) is 0 Å². The zero-order valence-electron chi connectivity index (χ0n) is 15.8. The molecule has 4 rings (SSSR count). The first-order valence-electron chi connectivity index (χ1n) is 9.22. The van der Waals surface area contributed by atoms with E-state index in [0.717, 1.165) is 24.1 Å². The van der Waals surface area contributed by atoms with Crippen LogP contribution in [-0.4, -0.2) is 35.3 Å². The highest BCUT2D eigenvalue weighted by atomic mass is 32.2. The van der Waals surface area contributed by atoms with Crippen molar-refractivity contribution in [2.24, 2.45) is 0 Å². The molecule has 0 bridgehead atoms. The van der Waals surface area contributed by atoms with E-state index >= 15 is 0 Å². The monoisotopic (exact) mass is 435 g/mol. The van der Waals surface area contributed by atoms with Gasteiger partial charge in [-0.2, -0.15) is 0 Å². The smallest absolute Gasteiger partial charge is 0.261 e. The Morgan fingerprint density at radius 2 is 1.62 bits per heavy atom. The third kappa shape index (κ3) is 4.14. The average molecular weight is 436 g/mol. The fraction of sp³-hybridized carbons (Fsp3) is 0.316. The van der Waals surface area contributed by atoms with Crippen LogP contribution in [0.5, 0.6) is 0 Å². The Morgan fingerprint density at radius 3 is 2.24 bits per heavy atom. The van der Waals surface area contributed by atoms with Crippen LogP contribution in [0, 0.1) is 0 Å². The van der Waals surface area contributed by atoms with Crippen molar-refractivity contribution < 1.29 is 21.6 Å². The van der Waals surface area contributed by atoms with Gasteiger partial charge in [0.05, 0.1) is 9.79 Å². The first-order chi connectivity index (χ1) is 13.7. The highest BCUT2D eigenvalue weighted by Crippen LogP contribution is 2.31. The van der Waals surface area contributed by atoms with Crippen molar-refractivity contribution in [1.29, 1.82) is 0 Å². The normalized spacial score (nSPS) is 16.5. The van der Waals surface area contributed by atoms with Gasteiger partial charge in [0, 0.05) is 30.9 Å². The van der Waals surface area contributed by atoms with Gasteiger partial charge in [-0.3, -0.25) is 9.52 Å². The van der Waals surface area contributed by atoms with Gasteiger partial charge in [0.15, 0.2) is 0 Å². The molecule has 0 saturated heterocycles. The first kappa shape index (κ1) is 19.9. The first-order valence-corrected chi connectivity index (χ1v) is 12.2. The van der Waals surface area contributed by atoms with E-state index in [1.165, 1.54) is 37.3 Å². The molecule has 2 aromatic carbocycles. The van der Waals surface area contributed by atoms with Crippen molar-refractivity contribution in [3.05, 3.63) is 48.0 Å². The van der Waals surface area contributed by atoms with E-state index in [1.54, 1.807) is 17.0 Å². The number of sulfonamides is 2. The van der Waals surface area contributed by atoms with Crippen molar-refractivity contribution in [1.82, 2.24) is 4.72 Å². The van der Waals surface area contributed by atoms with Gasteiger partial charge in [0.1, 0.15) is 0 Å². The maximum absolute atomic E-state index is 12.7. The van der Waals surface area contributed by atoms with Crippen LogP contribution >= 0.6 is 0 Å². The Hall–Kier alpha value is -2.43. The molecule has 1 saturated carbocycles. The van der Waals surface area contributed by atoms with Gasteiger partial charge in [-0.1, -0.05) is 0 Å². The Kier molecular flexibility index (Phi) is 4.88. The summed E-state index contributed by atoms with van der Waals surface area (Å²) in [7, 11) is -7.44. The SMILES string of the molecule is CC(=O)N1CCc2cc(S(=O)(=O)Nc3ccc(S(=O)(=O)NC4CC4)cc3)ccc21. The Labute approximate surface area is 170 Å². The molecule has 1 aliphatic carbocycles. The number of carbonyl (C=O) groups excluding carboxylic acids is 1. The molecule has 1 fully saturated rings. The zero-order valence-corrected chi connectivity index (χ0v) is 17.4. The number of carbonyl (C=O) groups is 1. The van der Waals surface area contributed by atoms with E-state index in [1.807, 2.05) is 0 Å². The minimum Gasteiger partial charge on any atom is -0.312 e. The summed E-state index contributed by atoms with van der Waals surface area (Å²) in [6, 6.07) is 10.2. The molecule has 0 radical (unpaired) electrons. The Bertz CT molecular complexity index is 1170. The van der Waals surface area contributed by atoms with E-state index in [2.05, 4.69) is 9.44 Å². The molecule has 0 aromatic heterocycles. The van der Waals surface area contributed by atoms with Gasteiger partial charge in [-0.25, -0.2) is 21.6 Å². The quantitative estimate of drug-likeness (QED) is 0.719. The molecular weight excluding hydrogens is 414 g/mol. The lowest BCUT2D eigenvalue weighted by atomic mass is 10.2. The summed E-state index contributed by atoms with van der Waals surface area (Å²) in [4.78, 5) is 13.4. The number of hydrogen-bond donors (Lipinski definition) is 2. The van der Waals surface area contributed by atoms with Gasteiger partial charge in [-0.05, 0) is 67.3 Å². The molecule has 0 atom stereocenters. The molecule has 10 heteroatoms. The van der Waals surface area contributed by atoms with Gasteiger partial charge >= 0.3 is 0 Å². The molecule has 1 heterocycles. The van der Waals surface area contributed by atoms with Gasteiger partial charge in [0.25, 0.3) is 10.0 Å². The van der Waals surface area contributed by atoms with Crippen molar-refractivity contribution in [2.75, 3.05) is 16.2 Å². The number of hydrogen-bond acceptors (Lipinski definition) is 5. The Morgan fingerprint density at radius 1 is 0.966 bits per heavy atom. The second-order valence-electron chi connectivity index (χ2n) is 7.24. The van der Waals surface area contributed by atoms with E-state index < -0.39 is 20.0 Å². The van der Waals surface area contributed by atoms with Crippen molar-refractivity contribution in [2.45, 2.75) is 42.0 Å². The second-order valence-corrected chi connectivity index (χ2v) is 10.6. The lowest BCUT2D eigenvalue weighted by Crippen LogP contribution is -2.25. The number of fused-ring (bicyclic) bond motifs is 1. The number of rotatable bonds is 6. The molecule has 1 aliphatic heterocycles. The van der Waals surface area contributed by atoms with Crippen LogP contribution in [0.1, 0.15) is 25.3 Å². The minimum absolute atomic E-state index is 0.00286. The van der Waals surface area contributed by atoms with E-state index in [4.69, 9.17) is 0 Å². The van der Waals surface area contributed by atoms with Gasteiger partial charge in [-0.15, -0.1) is 0 Å². The summed E-state index contributed by atoms with van der Waals surface area (Å²) >= 11 is 0. The maximum Gasteiger partial charge on any atom is 0.261 e. The van der Waals surface area contributed by atoms with E-state index in [9.17, 15) is 21.6 Å². The predicted molar refractivity (Wildman–Crippen MR) is 109 cm³/mol. The third-order valence-electron chi connectivity index (χ3n) is 4.95. The van der Waals surface area contributed by atoms with Crippen molar-refractivity contribution >= 4 is 37.3 Å². The summed E-state index contributed by atoms with van der Waals surface area (Å²) in [5, 5.41) is 0. The second kappa shape index (κ2) is 7.12. The summed E-state index contributed by atoms with van der Waals surface area (Å²) < 4.78 is 54.9. The number of benzene rings is 2.